The van der Waals surface area contributed by atoms with E-state index in [-0.39, 0.29) is 19.0 Å². The van der Waals surface area contributed by atoms with Gasteiger partial charge < -0.3 is 22.0 Å². The van der Waals surface area contributed by atoms with Crippen LogP contribution in [0.2, 0.25) is 0 Å². The van der Waals surface area contributed by atoms with Gasteiger partial charge in [-0.25, -0.2) is 0 Å². The van der Waals surface area contributed by atoms with Crippen molar-refractivity contribution in [1.82, 2.24) is 0 Å². The number of halogens is 1. The zero-order chi connectivity index (χ0) is 15.6. The van der Waals surface area contributed by atoms with Gasteiger partial charge in [0, 0.05) is 12.0 Å². The van der Waals surface area contributed by atoms with E-state index in [1.807, 2.05) is 0 Å². The van der Waals surface area contributed by atoms with Gasteiger partial charge in [0.05, 0.1) is 20.7 Å². The topological polar surface area (TPSA) is 20.2 Å². The van der Waals surface area contributed by atoms with E-state index in [4.69, 9.17) is 0 Å². The summed E-state index contributed by atoms with van der Waals surface area (Å²) in [5.41, 5.74) is 1.35. The molecule has 0 saturated carbocycles. The minimum Gasteiger partial charge on any atom is -1.00 e. The van der Waals surface area contributed by atoms with Crippen LogP contribution in [0.5, 0.6) is 0 Å². The SMILES string of the molecule is CCCCCCCCC(CO)[N+](C)(C)Cc1ccccc1.[Cl-]. The Hall–Kier alpha value is -0.570. The lowest BCUT2D eigenvalue weighted by Crippen LogP contribution is -3.00. The summed E-state index contributed by atoms with van der Waals surface area (Å²) in [6.07, 6.45) is 9.05. The van der Waals surface area contributed by atoms with Crippen LogP contribution in [0.25, 0.3) is 0 Å². The first kappa shape index (κ1) is 21.4. The Morgan fingerprint density at radius 2 is 1.55 bits per heavy atom. The van der Waals surface area contributed by atoms with E-state index in [9.17, 15) is 5.11 Å². The molecule has 0 amide bonds. The predicted molar refractivity (Wildman–Crippen MR) is 91.1 cm³/mol. The van der Waals surface area contributed by atoms with Crippen LogP contribution in [-0.4, -0.2) is 36.3 Å². The molecule has 3 heteroatoms. The molecule has 1 aromatic rings. The number of likely N-dealkylation sites (N-methyl/N-ethyl adjacent to an activating group) is 1. The van der Waals surface area contributed by atoms with Crippen LogP contribution in [0.1, 0.15) is 57.4 Å². The van der Waals surface area contributed by atoms with Gasteiger partial charge in [0.25, 0.3) is 0 Å². The van der Waals surface area contributed by atoms with Crippen molar-refractivity contribution >= 4 is 0 Å². The molecule has 0 aliphatic heterocycles. The third-order valence-electron chi connectivity index (χ3n) is 4.52. The molecule has 22 heavy (non-hydrogen) atoms. The van der Waals surface area contributed by atoms with Crippen LogP contribution < -0.4 is 12.4 Å². The molecule has 1 aromatic carbocycles. The number of hydrogen-bond donors (Lipinski definition) is 1. The van der Waals surface area contributed by atoms with Crippen molar-refractivity contribution in [1.29, 1.82) is 0 Å². The third-order valence-corrected chi connectivity index (χ3v) is 4.52. The monoisotopic (exact) mass is 327 g/mol. The number of quaternary nitrogens is 1. The zero-order valence-electron chi connectivity index (χ0n) is 14.6. The van der Waals surface area contributed by atoms with Gasteiger partial charge >= 0.3 is 0 Å². The summed E-state index contributed by atoms with van der Waals surface area (Å²) < 4.78 is 0.871. The molecule has 0 heterocycles. The zero-order valence-corrected chi connectivity index (χ0v) is 15.4. The molecule has 0 spiro atoms. The molecule has 0 fully saturated rings. The minimum atomic E-state index is 0. The quantitative estimate of drug-likeness (QED) is 0.481. The second-order valence-corrected chi connectivity index (χ2v) is 6.82. The highest BCUT2D eigenvalue weighted by Crippen LogP contribution is 2.19. The first-order valence-electron chi connectivity index (χ1n) is 8.57. The Kier molecular flexibility index (Phi) is 11.6. The molecule has 1 atom stereocenters. The molecule has 1 N–H and O–H groups in total. The molecule has 1 unspecified atom stereocenters. The van der Waals surface area contributed by atoms with Crippen molar-refractivity contribution in [2.75, 3.05) is 20.7 Å². The molecular weight excluding hydrogens is 294 g/mol. The summed E-state index contributed by atoms with van der Waals surface area (Å²) in [4.78, 5) is 0. The lowest BCUT2D eigenvalue weighted by Gasteiger charge is -2.37. The molecular formula is C19H34ClNO. The summed E-state index contributed by atoms with van der Waals surface area (Å²) in [6, 6.07) is 11.0. The Labute approximate surface area is 143 Å². The Balaban J connectivity index is 0.00000441. The van der Waals surface area contributed by atoms with E-state index < -0.39 is 0 Å². The third kappa shape index (κ3) is 8.17. The summed E-state index contributed by atoms with van der Waals surface area (Å²) in [6.45, 7) is 3.53. The van der Waals surface area contributed by atoms with Crippen molar-refractivity contribution in [3.05, 3.63) is 35.9 Å². The minimum absolute atomic E-state index is 0. The first-order chi connectivity index (χ1) is 10.1. The second kappa shape index (κ2) is 11.9. The smallest absolute Gasteiger partial charge is 0.112 e. The average molecular weight is 328 g/mol. The average Bonchev–Trinajstić information content (AvgIpc) is 2.47. The molecule has 1 rings (SSSR count). The van der Waals surface area contributed by atoms with Crippen LogP contribution in [0, 0.1) is 0 Å². The van der Waals surface area contributed by atoms with Crippen molar-refractivity contribution in [2.24, 2.45) is 0 Å². The van der Waals surface area contributed by atoms with E-state index in [0.29, 0.717) is 6.04 Å². The van der Waals surface area contributed by atoms with Gasteiger partial charge in [-0.3, -0.25) is 0 Å². The number of aliphatic hydroxyl groups excluding tert-OH is 1. The van der Waals surface area contributed by atoms with Gasteiger partial charge in [0.1, 0.15) is 12.6 Å². The fourth-order valence-electron chi connectivity index (χ4n) is 3.01. The summed E-state index contributed by atoms with van der Waals surface area (Å²) in [5.74, 6) is 0. The van der Waals surface area contributed by atoms with Gasteiger partial charge in [-0.15, -0.1) is 0 Å². The van der Waals surface area contributed by atoms with Crippen molar-refractivity contribution in [3.8, 4) is 0 Å². The second-order valence-electron chi connectivity index (χ2n) is 6.82. The van der Waals surface area contributed by atoms with Crippen LogP contribution in [-0.2, 0) is 6.54 Å². The Morgan fingerprint density at radius 1 is 0.955 bits per heavy atom. The van der Waals surface area contributed by atoms with Crippen molar-refractivity contribution < 1.29 is 22.0 Å². The molecule has 0 aromatic heterocycles. The lowest BCUT2D eigenvalue weighted by atomic mass is 10.0. The molecule has 2 nitrogen and oxygen atoms in total. The van der Waals surface area contributed by atoms with Gasteiger partial charge in [-0.05, 0) is 6.42 Å². The maximum atomic E-state index is 9.76. The standard InChI is InChI=1S/C19H34NO.ClH/c1-4-5-6-7-8-12-15-19(17-21)20(2,3)16-18-13-10-9-11-14-18;/h9-11,13-14,19,21H,4-8,12,15-17H2,1-3H3;1H/q+1;/p-1. The fraction of sp³-hybridized carbons (Fsp3) is 0.684. The molecule has 0 radical (unpaired) electrons. The van der Waals surface area contributed by atoms with Crippen molar-refractivity contribution in [3.63, 3.8) is 0 Å². The van der Waals surface area contributed by atoms with E-state index in [1.165, 1.54) is 44.1 Å². The maximum absolute atomic E-state index is 9.76. The van der Waals surface area contributed by atoms with E-state index in [2.05, 4.69) is 51.4 Å². The van der Waals surface area contributed by atoms with Crippen molar-refractivity contribution in [2.45, 2.75) is 64.5 Å². The molecule has 0 aliphatic carbocycles. The van der Waals surface area contributed by atoms with Crippen LogP contribution in [0.4, 0.5) is 0 Å². The highest BCUT2D eigenvalue weighted by atomic mass is 35.5. The van der Waals surface area contributed by atoms with E-state index in [1.54, 1.807) is 0 Å². The van der Waals surface area contributed by atoms with E-state index >= 15 is 0 Å². The van der Waals surface area contributed by atoms with Gasteiger partial charge in [0.2, 0.25) is 0 Å². The normalized spacial score (nSPS) is 12.7. The van der Waals surface area contributed by atoms with E-state index in [0.717, 1.165) is 17.4 Å². The molecule has 0 bridgehead atoms. The highest BCUT2D eigenvalue weighted by Gasteiger charge is 2.27. The molecule has 0 aliphatic rings. The predicted octanol–water partition coefficient (Wildman–Crippen LogP) is 1.38. The number of benzene rings is 1. The number of nitrogens with zero attached hydrogens (tertiary/aromatic N) is 1. The maximum Gasteiger partial charge on any atom is 0.112 e. The number of hydrogen-bond acceptors (Lipinski definition) is 1. The molecule has 0 saturated heterocycles. The number of rotatable bonds is 11. The Morgan fingerprint density at radius 3 is 2.14 bits per heavy atom. The number of aliphatic hydroxyl groups is 1. The van der Waals surface area contributed by atoms with Gasteiger partial charge in [-0.2, -0.15) is 0 Å². The largest absolute Gasteiger partial charge is 1.00 e. The number of unbranched alkanes of at least 4 members (excludes halogenated alkanes) is 5. The summed E-state index contributed by atoms with van der Waals surface area (Å²) in [7, 11) is 4.48. The fourth-order valence-corrected chi connectivity index (χ4v) is 3.01. The Bertz CT molecular complexity index is 367. The summed E-state index contributed by atoms with van der Waals surface area (Å²) >= 11 is 0. The lowest BCUT2D eigenvalue weighted by molar-refractivity contribution is -0.928. The van der Waals surface area contributed by atoms with Crippen LogP contribution in [0.3, 0.4) is 0 Å². The first-order valence-corrected chi connectivity index (χ1v) is 8.57. The van der Waals surface area contributed by atoms with Gasteiger partial charge in [-0.1, -0.05) is 69.4 Å². The summed E-state index contributed by atoms with van der Waals surface area (Å²) in [5, 5.41) is 9.76. The van der Waals surface area contributed by atoms with Crippen LogP contribution >= 0.6 is 0 Å². The molecule has 128 valence electrons. The van der Waals surface area contributed by atoms with Gasteiger partial charge in [0.15, 0.2) is 0 Å². The highest BCUT2D eigenvalue weighted by molar-refractivity contribution is 5.13. The van der Waals surface area contributed by atoms with Crippen LogP contribution in [0.15, 0.2) is 30.3 Å².